The van der Waals surface area contributed by atoms with E-state index < -0.39 is 0 Å². The predicted octanol–water partition coefficient (Wildman–Crippen LogP) is 3.09. The molecule has 0 aliphatic rings. The van der Waals surface area contributed by atoms with Crippen molar-refractivity contribution in [1.29, 1.82) is 0 Å². The Balaban J connectivity index is 2.46. The molecule has 0 aliphatic carbocycles. The first-order valence-corrected chi connectivity index (χ1v) is 5.32. The number of hydrogen-bond donors (Lipinski definition) is 0. The van der Waals surface area contributed by atoms with Gasteiger partial charge in [0.05, 0.1) is 13.2 Å². The highest BCUT2D eigenvalue weighted by Gasteiger charge is 1.96. The summed E-state index contributed by atoms with van der Waals surface area (Å²) in [5.74, 6) is 2.31. The van der Waals surface area contributed by atoms with Crippen LogP contribution in [0.25, 0.3) is 0 Å². The van der Waals surface area contributed by atoms with Gasteiger partial charge < -0.3 is 9.47 Å². The van der Waals surface area contributed by atoms with Crippen molar-refractivity contribution in [1.82, 2.24) is 0 Å². The minimum atomic E-state index is 0.630. The lowest BCUT2D eigenvalue weighted by atomic mass is 10.3. The molecule has 0 aromatic heterocycles. The largest absolute Gasteiger partial charge is 0.494 e. The molecule has 1 rings (SSSR count). The fourth-order valence-corrected chi connectivity index (χ4v) is 1.17. The lowest BCUT2D eigenvalue weighted by Crippen LogP contribution is -1.98. The summed E-state index contributed by atoms with van der Waals surface area (Å²) < 4.78 is 10.8. The Morgan fingerprint density at radius 2 is 1.93 bits per heavy atom. The molecular weight excluding hydrogens is 200 g/mol. The van der Waals surface area contributed by atoms with Gasteiger partial charge in [0, 0.05) is 11.9 Å². The first-order valence-electron chi connectivity index (χ1n) is 4.78. The molecule has 0 saturated carbocycles. The lowest BCUT2D eigenvalue weighted by Gasteiger charge is -2.07. The molecule has 78 valence electrons. The van der Waals surface area contributed by atoms with Gasteiger partial charge in [-0.05, 0) is 25.5 Å². The van der Waals surface area contributed by atoms with Crippen molar-refractivity contribution in [2.75, 3.05) is 19.1 Å². The van der Waals surface area contributed by atoms with Gasteiger partial charge in [-0.1, -0.05) is 6.07 Å². The van der Waals surface area contributed by atoms with Crippen LogP contribution in [-0.2, 0) is 0 Å². The van der Waals surface area contributed by atoms with Gasteiger partial charge in [-0.3, -0.25) is 0 Å². The van der Waals surface area contributed by atoms with Gasteiger partial charge in [-0.25, -0.2) is 0 Å². The number of benzene rings is 1. The van der Waals surface area contributed by atoms with Gasteiger partial charge in [0.15, 0.2) is 0 Å². The molecule has 0 N–H and O–H groups in total. The minimum Gasteiger partial charge on any atom is -0.494 e. The Labute approximate surface area is 89.8 Å². The molecule has 0 unspecified atom stereocenters. The quantitative estimate of drug-likeness (QED) is 0.535. The minimum absolute atomic E-state index is 0.630. The number of halogens is 1. The van der Waals surface area contributed by atoms with Crippen molar-refractivity contribution in [2.24, 2.45) is 0 Å². The number of alkyl halides is 1. The van der Waals surface area contributed by atoms with E-state index >= 15 is 0 Å². The molecule has 1 aromatic carbocycles. The summed E-state index contributed by atoms with van der Waals surface area (Å²) in [6, 6.07) is 7.63. The zero-order chi connectivity index (χ0) is 10.2. The summed E-state index contributed by atoms with van der Waals surface area (Å²) in [7, 11) is 0. The Hall–Kier alpha value is -0.890. The van der Waals surface area contributed by atoms with E-state index in [9.17, 15) is 0 Å². The Bertz CT molecular complexity index is 263. The van der Waals surface area contributed by atoms with Crippen molar-refractivity contribution in [3.05, 3.63) is 24.3 Å². The summed E-state index contributed by atoms with van der Waals surface area (Å²) in [5.41, 5.74) is 0. The summed E-state index contributed by atoms with van der Waals surface area (Å²) in [6.45, 7) is 3.28. The van der Waals surface area contributed by atoms with Crippen LogP contribution in [0, 0.1) is 0 Å². The molecule has 0 radical (unpaired) electrons. The molecule has 0 amide bonds. The second kappa shape index (κ2) is 6.55. The highest BCUT2D eigenvalue weighted by atomic mass is 35.5. The van der Waals surface area contributed by atoms with Gasteiger partial charge in [-0.15, -0.1) is 11.6 Å². The topological polar surface area (TPSA) is 18.5 Å². The first-order chi connectivity index (χ1) is 6.86. The average Bonchev–Trinajstić information content (AvgIpc) is 2.19. The smallest absolute Gasteiger partial charge is 0.122 e. The monoisotopic (exact) mass is 214 g/mol. The second-order valence-corrected chi connectivity index (χ2v) is 3.18. The molecule has 0 saturated heterocycles. The van der Waals surface area contributed by atoms with Crippen LogP contribution in [0.1, 0.15) is 13.3 Å². The number of ether oxygens (including phenoxy) is 2. The van der Waals surface area contributed by atoms with Gasteiger partial charge in [0.25, 0.3) is 0 Å². The highest BCUT2D eigenvalue weighted by molar-refractivity contribution is 6.17. The lowest BCUT2D eigenvalue weighted by molar-refractivity contribution is 0.309. The van der Waals surface area contributed by atoms with E-state index in [1.165, 1.54) is 0 Å². The molecule has 0 bridgehead atoms. The van der Waals surface area contributed by atoms with E-state index in [1.807, 2.05) is 31.2 Å². The van der Waals surface area contributed by atoms with Gasteiger partial charge in [0.2, 0.25) is 0 Å². The summed E-state index contributed by atoms with van der Waals surface area (Å²) in [4.78, 5) is 0. The van der Waals surface area contributed by atoms with E-state index in [0.29, 0.717) is 19.1 Å². The predicted molar refractivity (Wildman–Crippen MR) is 58.4 cm³/mol. The van der Waals surface area contributed by atoms with E-state index in [2.05, 4.69) is 0 Å². The van der Waals surface area contributed by atoms with Crippen molar-refractivity contribution in [3.8, 4) is 11.5 Å². The van der Waals surface area contributed by atoms with Crippen LogP contribution in [-0.4, -0.2) is 19.1 Å². The summed E-state index contributed by atoms with van der Waals surface area (Å²) >= 11 is 5.54. The number of hydrogen-bond acceptors (Lipinski definition) is 2. The second-order valence-electron chi connectivity index (χ2n) is 2.80. The van der Waals surface area contributed by atoms with Crippen LogP contribution >= 0.6 is 11.6 Å². The molecule has 0 aliphatic heterocycles. The summed E-state index contributed by atoms with van der Waals surface area (Å²) in [5, 5.41) is 0. The maximum absolute atomic E-state index is 5.54. The Morgan fingerprint density at radius 3 is 2.57 bits per heavy atom. The third-order valence-corrected chi connectivity index (χ3v) is 1.93. The molecule has 0 heterocycles. The SMILES string of the molecule is CCOc1cccc(OCCCCl)c1. The molecule has 0 atom stereocenters. The van der Waals surface area contributed by atoms with Crippen molar-refractivity contribution in [2.45, 2.75) is 13.3 Å². The molecule has 0 fully saturated rings. The fraction of sp³-hybridized carbons (Fsp3) is 0.455. The third-order valence-electron chi connectivity index (χ3n) is 1.66. The van der Waals surface area contributed by atoms with Crippen molar-refractivity contribution < 1.29 is 9.47 Å². The molecule has 2 nitrogen and oxygen atoms in total. The van der Waals surface area contributed by atoms with Crippen LogP contribution in [0.2, 0.25) is 0 Å². The van der Waals surface area contributed by atoms with Crippen molar-refractivity contribution in [3.63, 3.8) is 0 Å². The van der Waals surface area contributed by atoms with Crippen LogP contribution in [0.3, 0.4) is 0 Å². The van der Waals surface area contributed by atoms with E-state index in [4.69, 9.17) is 21.1 Å². The van der Waals surface area contributed by atoms with Gasteiger partial charge in [0.1, 0.15) is 11.5 Å². The van der Waals surface area contributed by atoms with E-state index in [-0.39, 0.29) is 0 Å². The Kier molecular flexibility index (Phi) is 5.23. The van der Waals surface area contributed by atoms with Gasteiger partial charge in [-0.2, -0.15) is 0 Å². The first kappa shape index (κ1) is 11.2. The van der Waals surface area contributed by atoms with Crippen LogP contribution in [0.4, 0.5) is 0 Å². The zero-order valence-electron chi connectivity index (χ0n) is 8.33. The zero-order valence-corrected chi connectivity index (χ0v) is 9.09. The maximum Gasteiger partial charge on any atom is 0.122 e. The van der Waals surface area contributed by atoms with Crippen LogP contribution < -0.4 is 9.47 Å². The molecule has 3 heteroatoms. The third kappa shape index (κ3) is 3.88. The van der Waals surface area contributed by atoms with Crippen LogP contribution in [0.15, 0.2) is 24.3 Å². The van der Waals surface area contributed by atoms with E-state index in [1.54, 1.807) is 0 Å². The fourth-order valence-electron chi connectivity index (χ4n) is 1.07. The molecule has 0 spiro atoms. The van der Waals surface area contributed by atoms with Crippen molar-refractivity contribution >= 4 is 11.6 Å². The highest BCUT2D eigenvalue weighted by Crippen LogP contribution is 2.19. The average molecular weight is 215 g/mol. The number of rotatable bonds is 6. The standard InChI is InChI=1S/C11H15ClO2/c1-2-13-10-5-3-6-11(9-10)14-8-4-7-12/h3,5-6,9H,2,4,7-8H2,1H3. The van der Waals surface area contributed by atoms with E-state index in [0.717, 1.165) is 17.9 Å². The summed E-state index contributed by atoms with van der Waals surface area (Å²) in [6.07, 6.45) is 0.862. The molecule has 1 aromatic rings. The maximum atomic E-state index is 5.54. The van der Waals surface area contributed by atoms with Gasteiger partial charge >= 0.3 is 0 Å². The normalized spacial score (nSPS) is 9.86. The molecular formula is C11H15ClO2. The molecule has 14 heavy (non-hydrogen) atoms. The Morgan fingerprint density at radius 1 is 1.21 bits per heavy atom. The van der Waals surface area contributed by atoms with Crippen LogP contribution in [0.5, 0.6) is 11.5 Å².